The first-order chi connectivity index (χ1) is 18.7. The van der Waals surface area contributed by atoms with Gasteiger partial charge in [0, 0.05) is 6.42 Å². The number of aliphatic hydroxyl groups excluding tert-OH is 3. The van der Waals surface area contributed by atoms with Gasteiger partial charge in [-0.15, -0.1) is 10.1 Å². The summed E-state index contributed by atoms with van der Waals surface area (Å²) in [5.41, 5.74) is 1.18. The molecule has 0 aromatic heterocycles. The Morgan fingerprint density at radius 2 is 1.85 bits per heavy atom. The van der Waals surface area contributed by atoms with E-state index in [1.54, 1.807) is 0 Å². The van der Waals surface area contributed by atoms with Crippen LogP contribution < -0.4 is 5.32 Å². The van der Waals surface area contributed by atoms with E-state index in [4.69, 9.17) is 4.74 Å². The molecule has 1 saturated carbocycles. The molecule has 0 bridgehead atoms. The van der Waals surface area contributed by atoms with Crippen LogP contribution in [0.1, 0.15) is 63.9 Å². The van der Waals surface area contributed by atoms with Crippen molar-refractivity contribution in [1.29, 1.82) is 0 Å². The zero-order valence-corrected chi connectivity index (χ0v) is 22.5. The van der Waals surface area contributed by atoms with Gasteiger partial charge in [-0.1, -0.05) is 42.5 Å². The van der Waals surface area contributed by atoms with Crippen LogP contribution in [0.5, 0.6) is 0 Å². The minimum atomic E-state index is -0.981. The summed E-state index contributed by atoms with van der Waals surface area (Å²) in [5.74, 6) is -1.17. The summed E-state index contributed by atoms with van der Waals surface area (Å²) in [4.78, 5) is 38.0. The third-order valence-electron chi connectivity index (χ3n) is 7.07. The van der Waals surface area contributed by atoms with Crippen LogP contribution in [0.4, 0.5) is 0 Å². The standard InChI is InChI=1S/C28H42N2O9/c1-20(28(35)38-17-18-39-30(36)37)29-27(34)12-8-3-2-7-11-23-24(26(33)19-25(23)32)16-15-22(31)14-13-21-9-5-4-6-10-21/h2,4-7,9-10,20,22-26,31-33H,3,8,11-19H2,1H3,(H,29,34)/b7-2-/t20?,22-,23+,24+,25-,26+/m0/s1. The molecule has 0 radical (unpaired) electrons. The summed E-state index contributed by atoms with van der Waals surface area (Å²) < 4.78 is 4.80. The highest BCUT2D eigenvalue weighted by Gasteiger charge is 2.40. The molecule has 1 aromatic carbocycles. The number of hydrogen-bond acceptors (Lipinski definition) is 9. The minimum Gasteiger partial charge on any atom is -0.462 e. The quantitative estimate of drug-likeness (QED) is 0.0705. The molecule has 11 nitrogen and oxygen atoms in total. The van der Waals surface area contributed by atoms with Crippen molar-refractivity contribution in [1.82, 2.24) is 5.32 Å². The number of allylic oxidation sites excluding steroid dienone is 2. The average Bonchev–Trinajstić information content (AvgIpc) is 3.17. The van der Waals surface area contributed by atoms with Gasteiger partial charge >= 0.3 is 5.97 Å². The Hall–Kier alpha value is -3.02. The predicted octanol–water partition coefficient (Wildman–Crippen LogP) is 2.49. The molecule has 2 rings (SSSR count). The fraction of sp³-hybridized carbons (Fsp3) is 0.643. The number of aryl methyl sites for hydroxylation is 1. The third-order valence-corrected chi connectivity index (χ3v) is 7.07. The zero-order valence-electron chi connectivity index (χ0n) is 22.5. The number of aliphatic hydroxyl groups is 3. The number of unbranched alkanes of at least 4 members (excludes halogenated alkanes) is 1. The average molecular weight is 551 g/mol. The van der Waals surface area contributed by atoms with Gasteiger partial charge < -0.3 is 30.2 Å². The number of nitrogens with one attached hydrogen (secondary N) is 1. The molecule has 0 spiro atoms. The van der Waals surface area contributed by atoms with Gasteiger partial charge in [-0.2, -0.15) is 0 Å². The molecule has 0 heterocycles. The summed E-state index contributed by atoms with van der Waals surface area (Å²) in [7, 11) is 0. The van der Waals surface area contributed by atoms with Crippen molar-refractivity contribution in [3.8, 4) is 0 Å². The van der Waals surface area contributed by atoms with Gasteiger partial charge in [0.2, 0.25) is 5.91 Å². The molecule has 0 saturated heterocycles. The number of benzene rings is 1. The molecule has 1 fully saturated rings. The molecule has 6 atom stereocenters. The van der Waals surface area contributed by atoms with Gasteiger partial charge in [-0.3, -0.25) is 4.79 Å². The number of rotatable bonds is 18. The largest absolute Gasteiger partial charge is 0.462 e. The Kier molecular flexibility index (Phi) is 14.5. The lowest BCUT2D eigenvalue weighted by Gasteiger charge is -2.23. The lowest BCUT2D eigenvalue weighted by molar-refractivity contribution is -0.757. The Morgan fingerprint density at radius 3 is 2.56 bits per heavy atom. The smallest absolute Gasteiger partial charge is 0.328 e. The van der Waals surface area contributed by atoms with Crippen molar-refractivity contribution in [3.63, 3.8) is 0 Å². The molecule has 1 unspecified atom stereocenters. The second-order valence-corrected chi connectivity index (χ2v) is 10.1. The molecule has 0 aliphatic heterocycles. The highest BCUT2D eigenvalue weighted by Crippen LogP contribution is 2.38. The van der Waals surface area contributed by atoms with Crippen molar-refractivity contribution in [2.75, 3.05) is 13.2 Å². The highest BCUT2D eigenvalue weighted by atomic mass is 17.0. The number of hydrogen-bond donors (Lipinski definition) is 4. The SMILES string of the molecule is CC(NC(=O)CCC/C=C\C[C@@H]1[C@@H](CC[C@@H](O)CCc2ccccc2)[C@H](O)C[C@@H]1O)C(=O)OCCO[N+](=O)[O-]. The lowest BCUT2D eigenvalue weighted by Crippen LogP contribution is -2.39. The maximum atomic E-state index is 12.1. The molecule has 1 aliphatic rings. The van der Waals surface area contributed by atoms with Crippen LogP contribution in [0.2, 0.25) is 0 Å². The van der Waals surface area contributed by atoms with E-state index in [9.17, 15) is 35.0 Å². The second-order valence-electron chi connectivity index (χ2n) is 10.1. The van der Waals surface area contributed by atoms with Crippen LogP contribution in [0.15, 0.2) is 42.5 Å². The van der Waals surface area contributed by atoms with Crippen LogP contribution in [-0.2, 0) is 25.6 Å². The van der Waals surface area contributed by atoms with E-state index in [2.05, 4.69) is 10.2 Å². The molecular weight excluding hydrogens is 508 g/mol. The van der Waals surface area contributed by atoms with Gasteiger partial charge in [-0.25, -0.2) is 4.79 Å². The van der Waals surface area contributed by atoms with Gasteiger partial charge in [0.15, 0.2) is 0 Å². The van der Waals surface area contributed by atoms with E-state index in [1.807, 2.05) is 42.5 Å². The van der Waals surface area contributed by atoms with Gasteiger partial charge in [0.1, 0.15) is 19.3 Å². The minimum absolute atomic E-state index is 0.0749. The number of esters is 1. The summed E-state index contributed by atoms with van der Waals surface area (Å²) in [6, 6.07) is 9.13. The number of amides is 1. The number of nitrogens with zero attached hydrogens (tertiary/aromatic N) is 1. The lowest BCUT2D eigenvalue weighted by atomic mass is 9.85. The maximum absolute atomic E-state index is 12.1. The van der Waals surface area contributed by atoms with E-state index in [1.165, 1.54) is 12.5 Å². The van der Waals surface area contributed by atoms with Crippen LogP contribution in [0.3, 0.4) is 0 Å². The van der Waals surface area contributed by atoms with E-state index in [-0.39, 0.29) is 37.4 Å². The van der Waals surface area contributed by atoms with Gasteiger partial charge in [0.25, 0.3) is 5.09 Å². The Morgan fingerprint density at radius 1 is 1.13 bits per heavy atom. The summed E-state index contributed by atoms with van der Waals surface area (Å²) in [6.45, 7) is 0.807. The summed E-state index contributed by atoms with van der Waals surface area (Å²) in [6.07, 6.45) is 7.33. The van der Waals surface area contributed by atoms with Crippen molar-refractivity contribution >= 4 is 11.9 Å². The predicted molar refractivity (Wildman–Crippen MR) is 143 cm³/mol. The van der Waals surface area contributed by atoms with Crippen molar-refractivity contribution in [2.24, 2.45) is 11.8 Å². The first-order valence-electron chi connectivity index (χ1n) is 13.6. The van der Waals surface area contributed by atoms with Crippen LogP contribution >= 0.6 is 0 Å². The monoisotopic (exact) mass is 550 g/mol. The maximum Gasteiger partial charge on any atom is 0.328 e. The first-order valence-corrected chi connectivity index (χ1v) is 13.6. The molecule has 218 valence electrons. The van der Waals surface area contributed by atoms with E-state index >= 15 is 0 Å². The molecular formula is C28H42N2O9. The van der Waals surface area contributed by atoms with Crippen LogP contribution in [-0.4, -0.2) is 69.9 Å². The van der Waals surface area contributed by atoms with Crippen LogP contribution in [0, 0.1) is 22.0 Å². The number of carbonyl (C=O) groups is 2. The van der Waals surface area contributed by atoms with E-state index in [0.717, 1.165) is 6.42 Å². The third kappa shape index (κ3) is 12.6. The molecule has 1 aromatic rings. The Balaban J connectivity index is 1.63. The molecule has 39 heavy (non-hydrogen) atoms. The highest BCUT2D eigenvalue weighted by molar-refractivity contribution is 5.84. The fourth-order valence-electron chi connectivity index (χ4n) is 4.92. The normalized spacial score (nSPS) is 22.4. The molecule has 11 heteroatoms. The zero-order chi connectivity index (χ0) is 28.6. The molecule has 1 aliphatic carbocycles. The van der Waals surface area contributed by atoms with Crippen molar-refractivity contribution in [3.05, 3.63) is 58.2 Å². The van der Waals surface area contributed by atoms with Crippen molar-refractivity contribution < 1.29 is 39.6 Å². The second kappa shape index (κ2) is 17.5. The summed E-state index contributed by atoms with van der Waals surface area (Å²) in [5, 5.41) is 43.0. The van der Waals surface area contributed by atoms with Crippen LogP contribution in [0.25, 0.3) is 0 Å². The topological polar surface area (TPSA) is 168 Å². The Labute approximate surface area is 229 Å². The number of ether oxygens (including phenoxy) is 1. The molecule has 4 N–H and O–H groups in total. The first kappa shape index (κ1) is 32.2. The van der Waals surface area contributed by atoms with E-state index < -0.39 is 35.4 Å². The van der Waals surface area contributed by atoms with Crippen molar-refractivity contribution in [2.45, 2.75) is 89.1 Å². The Bertz CT molecular complexity index is 912. The summed E-state index contributed by atoms with van der Waals surface area (Å²) >= 11 is 0. The van der Waals surface area contributed by atoms with Gasteiger partial charge in [0.05, 0.1) is 18.3 Å². The molecule has 1 amide bonds. The fourth-order valence-corrected chi connectivity index (χ4v) is 4.92. The van der Waals surface area contributed by atoms with Gasteiger partial charge in [-0.05, 0) is 75.7 Å². The van der Waals surface area contributed by atoms with E-state index in [0.29, 0.717) is 44.9 Å². The number of carbonyl (C=O) groups excluding carboxylic acids is 2.